The first-order chi connectivity index (χ1) is 9.76. The van der Waals surface area contributed by atoms with Gasteiger partial charge < -0.3 is 11.1 Å². The van der Waals surface area contributed by atoms with Gasteiger partial charge in [-0.05, 0) is 59.8 Å². The van der Waals surface area contributed by atoms with Crippen LogP contribution in [0.4, 0.5) is 18.9 Å². The van der Waals surface area contributed by atoms with E-state index in [0.29, 0.717) is 12.8 Å². The van der Waals surface area contributed by atoms with Crippen molar-refractivity contribution in [3.05, 3.63) is 28.2 Å². The van der Waals surface area contributed by atoms with Gasteiger partial charge in [-0.1, -0.05) is 12.5 Å². The number of benzene rings is 1. The third kappa shape index (κ3) is 3.92. The van der Waals surface area contributed by atoms with E-state index in [2.05, 4.69) is 21.2 Å². The molecule has 0 heterocycles. The molecule has 1 aromatic rings. The molecule has 0 aromatic heterocycles. The Morgan fingerprint density at radius 1 is 1.43 bits per heavy atom. The number of hydrogen-bond donors (Lipinski definition) is 2. The van der Waals surface area contributed by atoms with Crippen LogP contribution < -0.4 is 11.1 Å². The first-order valence-corrected chi connectivity index (χ1v) is 7.86. The molecular formula is C15H20BrF3N2. The zero-order valence-electron chi connectivity index (χ0n) is 11.9. The number of anilines is 1. The van der Waals surface area contributed by atoms with Crippen molar-refractivity contribution in [2.45, 2.75) is 44.3 Å². The van der Waals surface area contributed by atoms with Crippen molar-refractivity contribution in [1.82, 2.24) is 0 Å². The van der Waals surface area contributed by atoms with Gasteiger partial charge in [-0.25, -0.2) is 0 Å². The Morgan fingerprint density at radius 2 is 2.14 bits per heavy atom. The fraction of sp³-hybridized carbons (Fsp3) is 0.600. The predicted octanol–water partition coefficient (Wildman–Crippen LogP) is 4.62. The first-order valence-electron chi connectivity index (χ1n) is 7.07. The van der Waals surface area contributed by atoms with Crippen LogP contribution in [0.3, 0.4) is 0 Å². The van der Waals surface area contributed by atoms with E-state index >= 15 is 0 Å². The van der Waals surface area contributed by atoms with E-state index < -0.39 is 17.6 Å². The standard InChI is InChI=1S/C15H20BrF3N2/c1-10-4-5-12(16)13(7-10)21-14(9-20)6-2-3-11(8-14)15(17,18)19/h4-5,7,11,21H,2-3,6,8-9,20H2,1H3. The second-order valence-electron chi connectivity index (χ2n) is 5.93. The van der Waals surface area contributed by atoms with Crippen molar-refractivity contribution in [3.63, 3.8) is 0 Å². The minimum atomic E-state index is -4.15. The van der Waals surface area contributed by atoms with Crippen molar-refractivity contribution in [2.75, 3.05) is 11.9 Å². The lowest BCUT2D eigenvalue weighted by molar-refractivity contribution is -0.185. The summed E-state index contributed by atoms with van der Waals surface area (Å²) in [5.74, 6) is -1.27. The minimum Gasteiger partial charge on any atom is -0.377 e. The lowest BCUT2D eigenvalue weighted by Crippen LogP contribution is -2.51. The van der Waals surface area contributed by atoms with Crippen LogP contribution in [0.15, 0.2) is 22.7 Å². The third-order valence-electron chi connectivity index (χ3n) is 4.22. The molecule has 1 fully saturated rings. The van der Waals surface area contributed by atoms with E-state index in [0.717, 1.165) is 15.7 Å². The quantitative estimate of drug-likeness (QED) is 0.820. The fourth-order valence-corrected chi connectivity index (χ4v) is 3.36. The average molecular weight is 365 g/mol. The lowest BCUT2D eigenvalue weighted by Gasteiger charge is -2.42. The molecule has 2 unspecified atom stereocenters. The molecule has 2 rings (SSSR count). The van der Waals surface area contributed by atoms with Gasteiger partial charge in [-0.2, -0.15) is 13.2 Å². The van der Waals surface area contributed by atoms with Crippen LogP contribution in [0, 0.1) is 12.8 Å². The van der Waals surface area contributed by atoms with E-state index in [1.165, 1.54) is 0 Å². The zero-order chi connectivity index (χ0) is 15.7. The molecule has 0 radical (unpaired) electrons. The van der Waals surface area contributed by atoms with E-state index in [4.69, 9.17) is 5.73 Å². The molecule has 118 valence electrons. The summed E-state index contributed by atoms with van der Waals surface area (Å²) >= 11 is 3.44. The molecule has 1 aliphatic carbocycles. The number of nitrogens with two attached hydrogens (primary N) is 1. The number of halogens is 4. The molecule has 2 atom stereocenters. The highest BCUT2D eigenvalue weighted by Crippen LogP contribution is 2.43. The fourth-order valence-electron chi connectivity index (χ4n) is 3.01. The predicted molar refractivity (Wildman–Crippen MR) is 82.3 cm³/mol. The second-order valence-corrected chi connectivity index (χ2v) is 6.78. The Labute approximate surface area is 131 Å². The molecule has 0 aliphatic heterocycles. The number of hydrogen-bond acceptors (Lipinski definition) is 2. The highest BCUT2D eigenvalue weighted by Gasteiger charge is 2.47. The Hall–Kier alpha value is -0.750. The number of aryl methyl sites for hydroxylation is 1. The van der Waals surface area contributed by atoms with Gasteiger partial charge in [0, 0.05) is 16.7 Å². The Bertz CT molecular complexity index is 504. The normalized spacial score (nSPS) is 26.7. The molecule has 6 heteroatoms. The second kappa shape index (κ2) is 6.16. The maximum Gasteiger partial charge on any atom is 0.391 e. The van der Waals surface area contributed by atoms with Gasteiger partial charge in [-0.3, -0.25) is 0 Å². The van der Waals surface area contributed by atoms with E-state index in [-0.39, 0.29) is 19.4 Å². The summed E-state index contributed by atoms with van der Waals surface area (Å²) in [4.78, 5) is 0. The van der Waals surface area contributed by atoms with Crippen LogP contribution in [0.25, 0.3) is 0 Å². The SMILES string of the molecule is Cc1ccc(Br)c(NC2(CN)CCCC(C(F)(F)F)C2)c1. The topological polar surface area (TPSA) is 38.0 Å². The molecule has 3 N–H and O–H groups in total. The molecule has 21 heavy (non-hydrogen) atoms. The van der Waals surface area contributed by atoms with Gasteiger partial charge in [0.25, 0.3) is 0 Å². The van der Waals surface area contributed by atoms with Gasteiger partial charge in [-0.15, -0.1) is 0 Å². The summed E-state index contributed by atoms with van der Waals surface area (Å²) in [5, 5.41) is 3.28. The number of rotatable bonds is 3. The minimum absolute atomic E-state index is 0.0351. The largest absolute Gasteiger partial charge is 0.391 e. The zero-order valence-corrected chi connectivity index (χ0v) is 13.5. The van der Waals surface area contributed by atoms with Gasteiger partial charge in [0.2, 0.25) is 0 Å². The van der Waals surface area contributed by atoms with Crippen LogP contribution in [-0.2, 0) is 0 Å². The van der Waals surface area contributed by atoms with E-state index in [1.54, 1.807) is 0 Å². The number of nitrogens with one attached hydrogen (secondary N) is 1. The van der Waals surface area contributed by atoms with Gasteiger partial charge in [0.1, 0.15) is 0 Å². The molecule has 0 bridgehead atoms. The van der Waals surface area contributed by atoms with Crippen LogP contribution in [0.5, 0.6) is 0 Å². The summed E-state index contributed by atoms with van der Waals surface area (Å²) in [5.41, 5.74) is 7.01. The summed E-state index contributed by atoms with van der Waals surface area (Å²) < 4.78 is 39.9. The van der Waals surface area contributed by atoms with Crippen LogP contribution in [0.1, 0.15) is 31.2 Å². The molecule has 0 saturated heterocycles. The van der Waals surface area contributed by atoms with Gasteiger partial charge >= 0.3 is 6.18 Å². The molecule has 0 spiro atoms. The van der Waals surface area contributed by atoms with Crippen LogP contribution in [-0.4, -0.2) is 18.3 Å². The molecule has 2 nitrogen and oxygen atoms in total. The Morgan fingerprint density at radius 3 is 2.76 bits per heavy atom. The van der Waals surface area contributed by atoms with Crippen LogP contribution in [0.2, 0.25) is 0 Å². The van der Waals surface area contributed by atoms with Crippen molar-refractivity contribution < 1.29 is 13.2 Å². The third-order valence-corrected chi connectivity index (χ3v) is 4.91. The average Bonchev–Trinajstić information content (AvgIpc) is 2.42. The van der Waals surface area contributed by atoms with Gasteiger partial charge in [0.15, 0.2) is 0 Å². The summed E-state index contributed by atoms with van der Waals surface area (Å²) in [7, 11) is 0. The van der Waals surface area contributed by atoms with E-state index in [1.807, 2.05) is 25.1 Å². The highest BCUT2D eigenvalue weighted by molar-refractivity contribution is 9.10. The summed E-state index contributed by atoms with van der Waals surface area (Å²) in [6, 6.07) is 5.77. The van der Waals surface area contributed by atoms with Crippen molar-refractivity contribution >= 4 is 21.6 Å². The van der Waals surface area contributed by atoms with Gasteiger partial charge in [0.05, 0.1) is 11.5 Å². The van der Waals surface area contributed by atoms with Crippen molar-refractivity contribution in [3.8, 4) is 0 Å². The monoisotopic (exact) mass is 364 g/mol. The van der Waals surface area contributed by atoms with Crippen molar-refractivity contribution in [1.29, 1.82) is 0 Å². The Balaban J connectivity index is 2.23. The molecule has 1 saturated carbocycles. The maximum atomic E-state index is 13.0. The highest BCUT2D eigenvalue weighted by atomic mass is 79.9. The maximum absolute atomic E-state index is 13.0. The van der Waals surface area contributed by atoms with Crippen molar-refractivity contribution in [2.24, 2.45) is 11.7 Å². The molecule has 1 aromatic carbocycles. The summed E-state index contributed by atoms with van der Waals surface area (Å²) in [6.45, 7) is 2.14. The number of alkyl halides is 3. The first kappa shape index (κ1) is 16.6. The molecule has 0 amide bonds. The smallest absolute Gasteiger partial charge is 0.377 e. The Kier molecular flexibility index (Phi) is 4.88. The molecule has 1 aliphatic rings. The van der Waals surface area contributed by atoms with Crippen LogP contribution >= 0.6 is 15.9 Å². The molecular weight excluding hydrogens is 345 g/mol. The summed E-state index contributed by atoms with van der Waals surface area (Å²) in [6.07, 6.45) is -2.71. The van der Waals surface area contributed by atoms with E-state index in [9.17, 15) is 13.2 Å². The lowest BCUT2D eigenvalue weighted by atomic mass is 9.75.